The van der Waals surface area contributed by atoms with Gasteiger partial charge in [-0.3, -0.25) is 4.79 Å². The first-order valence-electron chi connectivity index (χ1n) is 5.16. The predicted molar refractivity (Wildman–Crippen MR) is 64.5 cm³/mol. The summed E-state index contributed by atoms with van der Waals surface area (Å²) in [7, 11) is 0. The van der Waals surface area contributed by atoms with Crippen LogP contribution in [0.3, 0.4) is 0 Å². The number of carbonyl (C=O) groups is 1. The minimum absolute atomic E-state index is 0.226. The summed E-state index contributed by atoms with van der Waals surface area (Å²) in [5, 5.41) is 0.645. The van der Waals surface area contributed by atoms with E-state index in [-0.39, 0.29) is 5.97 Å². The Morgan fingerprint density at radius 1 is 1.38 bits per heavy atom. The third-order valence-corrected chi connectivity index (χ3v) is 3.14. The number of carbonyl (C=O) groups excluding carboxylic acids is 1. The van der Waals surface area contributed by atoms with Crippen LogP contribution in [0, 0.1) is 5.41 Å². The first kappa shape index (κ1) is 11.2. The molecule has 0 spiro atoms. The van der Waals surface area contributed by atoms with Gasteiger partial charge in [0.15, 0.2) is 0 Å². The quantitative estimate of drug-likeness (QED) is 0.507. The van der Waals surface area contributed by atoms with Crippen molar-refractivity contribution in [1.29, 1.82) is 0 Å². The van der Waals surface area contributed by atoms with Crippen LogP contribution in [0.25, 0.3) is 5.57 Å². The zero-order valence-electron chi connectivity index (χ0n) is 9.50. The van der Waals surface area contributed by atoms with Crippen LogP contribution in [0.15, 0.2) is 24.3 Å². The number of esters is 1. The number of hydrogen-bond acceptors (Lipinski definition) is 2. The fraction of sp³-hybridized carbons (Fsp3) is 0.308. The van der Waals surface area contributed by atoms with Gasteiger partial charge in [0.1, 0.15) is 5.75 Å². The predicted octanol–water partition coefficient (Wildman–Crippen LogP) is 3.69. The molecule has 1 aromatic carbocycles. The van der Waals surface area contributed by atoms with Crippen LogP contribution in [-0.2, 0) is 4.79 Å². The summed E-state index contributed by atoms with van der Waals surface area (Å²) in [6.45, 7) is 5.63. The molecular weight excluding hydrogens is 224 g/mol. The molecule has 0 saturated heterocycles. The van der Waals surface area contributed by atoms with E-state index in [2.05, 4.69) is 0 Å². The molecule has 1 aromatic rings. The number of fused-ring (bicyclic) bond motifs is 1. The number of hydrogen-bond donors (Lipinski definition) is 0. The zero-order chi connectivity index (χ0) is 11.9. The molecule has 2 nitrogen and oxygen atoms in total. The Morgan fingerprint density at radius 3 is 2.69 bits per heavy atom. The van der Waals surface area contributed by atoms with Crippen molar-refractivity contribution in [2.24, 2.45) is 5.41 Å². The monoisotopic (exact) mass is 236 g/mol. The molecule has 0 N–H and O–H groups in total. The van der Waals surface area contributed by atoms with Gasteiger partial charge in [-0.1, -0.05) is 17.7 Å². The highest BCUT2D eigenvalue weighted by Gasteiger charge is 2.39. The van der Waals surface area contributed by atoms with Gasteiger partial charge in [-0.05, 0) is 44.5 Å². The van der Waals surface area contributed by atoms with Gasteiger partial charge in [-0.25, -0.2) is 0 Å². The lowest BCUT2D eigenvalue weighted by molar-refractivity contribution is -0.141. The van der Waals surface area contributed by atoms with E-state index >= 15 is 0 Å². The maximum absolute atomic E-state index is 11.8. The van der Waals surface area contributed by atoms with Crippen LogP contribution in [0.2, 0.25) is 5.02 Å². The molecule has 0 atom stereocenters. The third-order valence-electron chi connectivity index (χ3n) is 2.91. The molecule has 16 heavy (non-hydrogen) atoms. The van der Waals surface area contributed by atoms with E-state index in [0.29, 0.717) is 10.8 Å². The highest BCUT2D eigenvalue weighted by Crippen LogP contribution is 2.45. The molecule has 0 amide bonds. The van der Waals surface area contributed by atoms with Crippen LogP contribution in [-0.4, -0.2) is 5.97 Å². The van der Waals surface area contributed by atoms with E-state index in [1.807, 2.05) is 32.9 Å². The first-order chi connectivity index (χ1) is 7.46. The highest BCUT2D eigenvalue weighted by molar-refractivity contribution is 6.30. The summed E-state index contributed by atoms with van der Waals surface area (Å²) in [5.74, 6) is 0.359. The topological polar surface area (TPSA) is 26.3 Å². The van der Waals surface area contributed by atoms with Gasteiger partial charge < -0.3 is 4.74 Å². The Labute approximate surface area is 99.9 Å². The van der Waals surface area contributed by atoms with Gasteiger partial charge in [-0.2, -0.15) is 0 Å². The van der Waals surface area contributed by atoms with E-state index in [1.54, 1.807) is 12.1 Å². The van der Waals surface area contributed by atoms with Crippen LogP contribution in [0.1, 0.15) is 26.3 Å². The van der Waals surface area contributed by atoms with Crippen molar-refractivity contribution in [2.75, 3.05) is 0 Å². The average Bonchev–Trinajstić information content (AvgIpc) is 2.21. The van der Waals surface area contributed by atoms with Crippen LogP contribution >= 0.6 is 11.6 Å². The molecule has 0 unspecified atom stereocenters. The summed E-state index contributed by atoms with van der Waals surface area (Å²) in [5.41, 5.74) is 1.24. The normalized spacial score (nSPS) is 20.5. The number of rotatable bonds is 0. The molecule has 0 aromatic heterocycles. The SMILES string of the molecule is C/C=C1\c2cc(Cl)ccc2OC(=O)C1(C)C. The number of benzene rings is 1. The van der Waals surface area contributed by atoms with E-state index in [9.17, 15) is 4.79 Å². The summed E-state index contributed by atoms with van der Waals surface area (Å²) < 4.78 is 5.30. The van der Waals surface area contributed by atoms with Crippen molar-refractivity contribution in [1.82, 2.24) is 0 Å². The molecule has 0 saturated carbocycles. The molecule has 84 valence electrons. The third kappa shape index (κ3) is 1.54. The van der Waals surface area contributed by atoms with Crippen molar-refractivity contribution < 1.29 is 9.53 Å². The van der Waals surface area contributed by atoms with Crippen molar-refractivity contribution in [3.8, 4) is 5.75 Å². The second-order valence-corrected chi connectivity index (χ2v) is 4.79. The summed E-state index contributed by atoms with van der Waals surface area (Å²) in [6.07, 6.45) is 1.94. The first-order valence-corrected chi connectivity index (χ1v) is 5.53. The van der Waals surface area contributed by atoms with Crippen LogP contribution in [0.5, 0.6) is 5.75 Å². The summed E-state index contributed by atoms with van der Waals surface area (Å²) in [6, 6.07) is 5.29. The van der Waals surface area contributed by atoms with Gasteiger partial charge in [-0.15, -0.1) is 0 Å². The summed E-state index contributed by atoms with van der Waals surface area (Å²) >= 11 is 5.96. The smallest absolute Gasteiger partial charge is 0.321 e. The van der Waals surface area contributed by atoms with Crippen molar-refractivity contribution >= 4 is 23.1 Å². The van der Waals surface area contributed by atoms with E-state index in [1.165, 1.54) is 0 Å². The highest BCUT2D eigenvalue weighted by atomic mass is 35.5. The molecule has 2 rings (SSSR count). The standard InChI is InChI=1S/C13H13ClO2/c1-4-10-9-7-8(14)5-6-11(9)16-12(15)13(10,2)3/h4-7H,1-3H3/b10-4+. The number of allylic oxidation sites excluding steroid dienone is 1. The van der Waals surface area contributed by atoms with Gasteiger partial charge in [0.05, 0.1) is 5.41 Å². The Morgan fingerprint density at radius 2 is 2.06 bits per heavy atom. The largest absolute Gasteiger partial charge is 0.425 e. The summed E-state index contributed by atoms with van der Waals surface area (Å²) in [4.78, 5) is 11.8. The van der Waals surface area contributed by atoms with Crippen molar-refractivity contribution in [2.45, 2.75) is 20.8 Å². The second-order valence-electron chi connectivity index (χ2n) is 4.36. The Balaban J connectivity index is 2.68. The van der Waals surface area contributed by atoms with Crippen molar-refractivity contribution in [3.05, 3.63) is 34.9 Å². The molecule has 0 aliphatic carbocycles. The molecular formula is C13H13ClO2. The lowest BCUT2D eigenvalue weighted by Crippen LogP contribution is -2.34. The Kier molecular flexibility index (Phi) is 2.55. The van der Waals surface area contributed by atoms with E-state index in [0.717, 1.165) is 11.1 Å². The molecule has 1 aliphatic heterocycles. The number of ether oxygens (including phenoxy) is 1. The second kappa shape index (κ2) is 3.63. The Bertz CT molecular complexity index is 487. The maximum atomic E-state index is 11.8. The Hall–Kier alpha value is -1.28. The maximum Gasteiger partial charge on any atom is 0.321 e. The van der Waals surface area contributed by atoms with Gasteiger partial charge in [0.25, 0.3) is 0 Å². The lowest BCUT2D eigenvalue weighted by Gasteiger charge is -2.32. The van der Waals surface area contributed by atoms with Gasteiger partial charge >= 0.3 is 5.97 Å². The minimum Gasteiger partial charge on any atom is -0.425 e. The molecule has 0 fully saturated rings. The molecule has 1 heterocycles. The van der Waals surface area contributed by atoms with E-state index < -0.39 is 5.41 Å². The zero-order valence-corrected chi connectivity index (χ0v) is 10.3. The average molecular weight is 237 g/mol. The molecule has 1 aliphatic rings. The molecule has 3 heteroatoms. The van der Waals surface area contributed by atoms with Gasteiger partial charge in [0, 0.05) is 10.6 Å². The van der Waals surface area contributed by atoms with Gasteiger partial charge in [0.2, 0.25) is 0 Å². The fourth-order valence-corrected chi connectivity index (χ4v) is 2.16. The van der Waals surface area contributed by atoms with Crippen LogP contribution in [0.4, 0.5) is 0 Å². The number of halogens is 1. The molecule has 0 radical (unpaired) electrons. The fourth-order valence-electron chi connectivity index (χ4n) is 1.99. The molecule has 0 bridgehead atoms. The lowest BCUT2D eigenvalue weighted by atomic mass is 9.78. The van der Waals surface area contributed by atoms with E-state index in [4.69, 9.17) is 16.3 Å². The van der Waals surface area contributed by atoms with Crippen molar-refractivity contribution in [3.63, 3.8) is 0 Å². The van der Waals surface area contributed by atoms with Crippen LogP contribution < -0.4 is 4.74 Å². The minimum atomic E-state index is -0.619.